The lowest BCUT2D eigenvalue weighted by molar-refractivity contribution is 0.191. The predicted molar refractivity (Wildman–Crippen MR) is 96.7 cm³/mol. The van der Waals surface area contributed by atoms with Gasteiger partial charge in [-0.15, -0.1) is 0 Å². The van der Waals surface area contributed by atoms with Gasteiger partial charge in [0, 0.05) is 13.1 Å². The van der Waals surface area contributed by atoms with Crippen LogP contribution in [0, 0.1) is 5.82 Å². The van der Waals surface area contributed by atoms with Crippen LogP contribution in [0.25, 0.3) is 0 Å². The molecule has 2 N–H and O–H groups in total. The molecular weight excluding hydrogens is 345 g/mol. The fraction of sp³-hybridized carbons (Fsp3) is 0.368. The van der Waals surface area contributed by atoms with Crippen LogP contribution in [0.2, 0.25) is 5.02 Å². The number of halogens is 2. The molecule has 25 heavy (non-hydrogen) atoms. The van der Waals surface area contributed by atoms with Crippen LogP contribution in [0.1, 0.15) is 25.0 Å². The van der Waals surface area contributed by atoms with Crippen LogP contribution in [0.3, 0.4) is 0 Å². The van der Waals surface area contributed by atoms with Crippen molar-refractivity contribution in [2.75, 3.05) is 13.2 Å². The first-order chi connectivity index (χ1) is 12.0. The van der Waals surface area contributed by atoms with Crippen LogP contribution in [0.15, 0.2) is 36.4 Å². The summed E-state index contributed by atoms with van der Waals surface area (Å²) >= 11 is 6.36. The number of benzene rings is 2. The van der Waals surface area contributed by atoms with Crippen molar-refractivity contribution in [3.8, 4) is 11.5 Å². The van der Waals surface area contributed by atoms with Gasteiger partial charge in [-0.25, -0.2) is 4.39 Å². The molecule has 1 atom stereocenters. The van der Waals surface area contributed by atoms with Gasteiger partial charge in [0.15, 0.2) is 11.5 Å². The fourth-order valence-corrected chi connectivity index (χ4v) is 2.58. The van der Waals surface area contributed by atoms with E-state index < -0.39 is 6.10 Å². The molecule has 0 aromatic heterocycles. The SMILES string of the molecule is CCOc1cc(CNC[C@H](C)O)cc(Cl)c1OCc1ccc(F)cc1. The zero-order valence-corrected chi connectivity index (χ0v) is 15.1. The summed E-state index contributed by atoms with van der Waals surface area (Å²) in [4.78, 5) is 0. The molecule has 0 radical (unpaired) electrons. The number of aliphatic hydroxyl groups is 1. The van der Waals surface area contributed by atoms with Gasteiger partial charge < -0.3 is 19.9 Å². The van der Waals surface area contributed by atoms with Gasteiger partial charge in [-0.3, -0.25) is 0 Å². The van der Waals surface area contributed by atoms with Crippen molar-refractivity contribution in [1.82, 2.24) is 5.32 Å². The summed E-state index contributed by atoms with van der Waals surface area (Å²) in [5.41, 5.74) is 1.77. The molecule has 0 aliphatic heterocycles. The molecule has 0 spiro atoms. The van der Waals surface area contributed by atoms with E-state index >= 15 is 0 Å². The second kappa shape index (κ2) is 9.61. The third-order valence-electron chi connectivity index (χ3n) is 3.43. The van der Waals surface area contributed by atoms with Crippen molar-refractivity contribution in [2.45, 2.75) is 33.1 Å². The van der Waals surface area contributed by atoms with Crippen molar-refractivity contribution in [3.05, 3.63) is 58.4 Å². The Morgan fingerprint density at radius 2 is 1.88 bits per heavy atom. The van der Waals surface area contributed by atoms with Crippen LogP contribution < -0.4 is 14.8 Å². The van der Waals surface area contributed by atoms with Crippen molar-refractivity contribution in [3.63, 3.8) is 0 Å². The van der Waals surface area contributed by atoms with E-state index in [4.69, 9.17) is 21.1 Å². The molecule has 0 aliphatic rings. The van der Waals surface area contributed by atoms with Gasteiger partial charge in [0.2, 0.25) is 0 Å². The fourth-order valence-electron chi connectivity index (χ4n) is 2.29. The van der Waals surface area contributed by atoms with E-state index in [0.29, 0.717) is 36.2 Å². The molecule has 2 aromatic carbocycles. The maximum atomic E-state index is 13.0. The zero-order chi connectivity index (χ0) is 18.2. The first-order valence-electron chi connectivity index (χ1n) is 8.20. The molecule has 0 fully saturated rings. The van der Waals surface area contributed by atoms with E-state index in [1.165, 1.54) is 12.1 Å². The monoisotopic (exact) mass is 367 g/mol. The summed E-state index contributed by atoms with van der Waals surface area (Å²) in [6, 6.07) is 9.78. The lowest BCUT2D eigenvalue weighted by atomic mass is 10.2. The lowest BCUT2D eigenvalue weighted by Crippen LogP contribution is -2.23. The van der Waals surface area contributed by atoms with Gasteiger partial charge in [-0.05, 0) is 49.2 Å². The van der Waals surface area contributed by atoms with Crippen molar-refractivity contribution >= 4 is 11.6 Å². The van der Waals surface area contributed by atoms with Crippen LogP contribution in [0.4, 0.5) is 4.39 Å². The number of nitrogens with one attached hydrogen (secondary N) is 1. The standard InChI is InChI=1S/C19H23ClFNO3/c1-3-24-18-9-15(11-22-10-13(2)23)8-17(20)19(18)25-12-14-4-6-16(21)7-5-14/h4-9,13,22-23H,3,10-12H2,1-2H3/t13-/m0/s1. The van der Waals surface area contributed by atoms with Gasteiger partial charge in [-0.2, -0.15) is 0 Å². The van der Waals surface area contributed by atoms with Gasteiger partial charge in [0.1, 0.15) is 12.4 Å². The van der Waals surface area contributed by atoms with Gasteiger partial charge in [0.05, 0.1) is 17.7 Å². The van der Waals surface area contributed by atoms with E-state index in [2.05, 4.69) is 5.32 Å². The second-order valence-corrected chi connectivity index (χ2v) is 6.14. The van der Waals surface area contributed by atoms with Crippen LogP contribution in [-0.4, -0.2) is 24.4 Å². The Morgan fingerprint density at radius 1 is 1.16 bits per heavy atom. The highest BCUT2D eigenvalue weighted by Crippen LogP contribution is 2.37. The van der Waals surface area contributed by atoms with Gasteiger partial charge in [-0.1, -0.05) is 23.7 Å². The van der Waals surface area contributed by atoms with E-state index in [0.717, 1.165) is 11.1 Å². The Bertz CT molecular complexity index is 677. The number of rotatable bonds is 9. The molecule has 2 aromatic rings. The van der Waals surface area contributed by atoms with Crippen LogP contribution in [0.5, 0.6) is 11.5 Å². The summed E-state index contributed by atoms with van der Waals surface area (Å²) in [5.74, 6) is 0.740. The average molecular weight is 368 g/mol. The molecule has 6 heteroatoms. The minimum absolute atomic E-state index is 0.264. The molecular formula is C19H23ClFNO3. The smallest absolute Gasteiger partial charge is 0.180 e. The highest BCUT2D eigenvalue weighted by Gasteiger charge is 2.13. The summed E-state index contributed by atoms with van der Waals surface area (Å²) < 4.78 is 24.4. The molecule has 0 saturated carbocycles. The Hall–Kier alpha value is -1.82. The number of hydrogen-bond acceptors (Lipinski definition) is 4. The summed E-state index contributed by atoms with van der Waals surface area (Å²) in [5, 5.41) is 12.9. The third kappa shape index (κ3) is 6.20. The van der Waals surface area contributed by atoms with Crippen LogP contribution in [-0.2, 0) is 13.2 Å². The highest BCUT2D eigenvalue weighted by atomic mass is 35.5. The second-order valence-electron chi connectivity index (χ2n) is 5.73. The first-order valence-corrected chi connectivity index (χ1v) is 8.58. The van der Waals surface area contributed by atoms with E-state index in [1.54, 1.807) is 25.1 Å². The maximum Gasteiger partial charge on any atom is 0.180 e. The molecule has 0 bridgehead atoms. The molecule has 0 unspecified atom stereocenters. The molecule has 0 aliphatic carbocycles. The molecule has 0 heterocycles. The number of aliphatic hydroxyl groups excluding tert-OH is 1. The molecule has 0 amide bonds. The van der Waals surface area contributed by atoms with Gasteiger partial charge in [0.25, 0.3) is 0 Å². The molecule has 2 rings (SSSR count). The van der Waals surface area contributed by atoms with E-state index in [9.17, 15) is 9.50 Å². The minimum Gasteiger partial charge on any atom is -0.490 e. The zero-order valence-electron chi connectivity index (χ0n) is 14.4. The van der Waals surface area contributed by atoms with Crippen molar-refractivity contribution in [1.29, 1.82) is 0 Å². The summed E-state index contributed by atoms with van der Waals surface area (Å²) in [6.07, 6.45) is -0.417. The van der Waals surface area contributed by atoms with Crippen LogP contribution >= 0.6 is 11.6 Å². The Kier molecular flexibility index (Phi) is 7.50. The highest BCUT2D eigenvalue weighted by molar-refractivity contribution is 6.32. The molecule has 136 valence electrons. The van der Waals surface area contributed by atoms with Gasteiger partial charge >= 0.3 is 0 Å². The van der Waals surface area contributed by atoms with Crippen molar-refractivity contribution in [2.24, 2.45) is 0 Å². The topological polar surface area (TPSA) is 50.7 Å². The lowest BCUT2D eigenvalue weighted by Gasteiger charge is -2.16. The Morgan fingerprint density at radius 3 is 2.52 bits per heavy atom. The largest absolute Gasteiger partial charge is 0.490 e. The average Bonchev–Trinajstić information content (AvgIpc) is 2.55. The first kappa shape index (κ1) is 19.5. The molecule has 0 saturated heterocycles. The Balaban J connectivity index is 2.11. The van der Waals surface area contributed by atoms with E-state index in [1.807, 2.05) is 13.0 Å². The quantitative estimate of drug-likeness (QED) is 0.705. The Labute approximate surface area is 152 Å². The van der Waals surface area contributed by atoms with Crippen molar-refractivity contribution < 1.29 is 19.0 Å². The number of hydrogen-bond donors (Lipinski definition) is 2. The predicted octanol–water partition coefficient (Wildman–Crippen LogP) is 3.93. The third-order valence-corrected chi connectivity index (χ3v) is 3.72. The normalized spacial score (nSPS) is 12.0. The maximum absolute atomic E-state index is 13.0. The minimum atomic E-state index is -0.417. The number of ether oxygens (including phenoxy) is 2. The summed E-state index contributed by atoms with van der Waals surface area (Å²) in [7, 11) is 0. The molecule has 4 nitrogen and oxygen atoms in total. The summed E-state index contributed by atoms with van der Waals surface area (Å²) in [6.45, 7) is 5.40. The van der Waals surface area contributed by atoms with E-state index in [-0.39, 0.29) is 12.4 Å².